The Bertz CT molecular complexity index is 484. The maximum absolute atomic E-state index is 12.5. The van der Waals surface area contributed by atoms with Gasteiger partial charge in [0.25, 0.3) is 0 Å². The number of hydrogen-bond acceptors (Lipinski definition) is 4. The third-order valence-corrected chi connectivity index (χ3v) is 2.11. The monoisotopic (exact) mass is 274 g/mol. The van der Waals surface area contributed by atoms with Gasteiger partial charge in [0, 0.05) is 0 Å². The highest BCUT2D eigenvalue weighted by molar-refractivity contribution is 6.35. The minimum absolute atomic E-state index is 0.0271. The highest BCUT2D eigenvalue weighted by atomic mass is 19.4. The predicted octanol–water partition coefficient (Wildman–Crippen LogP) is 3.06. The van der Waals surface area contributed by atoms with Gasteiger partial charge in [0.15, 0.2) is 0 Å². The molecule has 0 aliphatic heterocycles. The van der Waals surface area contributed by atoms with E-state index in [0.29, 0.717) is 0 Å². The van der Waals surface area contributed by atoms with Crippen LogP contribution in [0.5, 0.6) is 0 Å². The Morgan fingerprint density at radius 3 is 2.68 bits per heavy atom. The smallest absolute Gasteiger partial charge is 0.416 e. The number of anilines is 1. The fourth-order valence-electron chi connectivity index (χ4n) is 1.19. The van der Waals surface area contributed by atoms with E-state index < -0.39 is 17.7 Å². The van der Waals surface area contributed by atoms with Crippen molar-refractivity contribution in [3.63, 3.8) is 0 Å². The number of halogens is 3. The van der Waals surface area contributed by atoms with Crippen LogP contribution in [0.2, 0.25) is 0 Å². The molecular formula is C12H13F3N2O2. The van der Waals surface area contributed by atoms with E-state index in [0.717, 1.165) is 12.1 Å². The van der Waals surface area contributed by atoms with E-state index in [4.69, 9.17) is 0 Å². The van der Waals surface area contributed by atoms with Gasteiger partial charge in [-0.3, -0.25) is 5.43 Å². The number of benzene rings is 1. The molecule has 1 N–H and O–H groups in total. The van der Waals surface area contributed by atoms with Crippen molar-refractivity contribution in [3.8, 4) is 0 Å². The van der Waals surface area contributed by atoms with Gasteiger partial charge in [-0.05, 0) is 32.0 Å². The van der Waals surface area contributed by atoms with Crippen LogP contribution in [0.3, 0.4) is 0 Å². The summed E-state index contributed by atoms with van der Waals surface area (Å²) in [5, 5.41) is 3.66. The van der Waals surface area contributed by atoms with Crippen LogP contribution < -0.4 is 5.43 Å². The summed E-state index contributed by atoms with van der Waals surface area (Å²) in [4.78, 5) is 11.2. The minimum Gasteiger partial charge on any atom is -0.461 e. The lowest BCUT2D eigenvalue weighted by molar-refractivity contribution is -0.137. The van der Waals surface area contributed by atoms with E-state index in [1.54, 1.807) is 6.92 Å². The zero-order valence-electron chi connectivity index (χ0n) is 10.4. The van der Waals surface area contributed by atoms with Crippen molar-refractivity contribution in [1.29, 1.82) is 0 Å². The van der Waals surface area contributed by atoms with Gasteiger partial charge in [-0.1, -0.05) is 6.07 Å². The predicted molar refractivity (Wildman–Crippen MR) is 64.8 cm³/mol. The molecule has 7 heteroatoms. The van der Waals surface area contributed by atoms with Crippen LogP contribution in [-0.2, 0) is 15.7 Å². The van der Waals surface area contributed by atoms with Crippen molar-refractivity contribution in [2.24, 2.45) is 5.10 Å². The summed E-state index contributed by atoms with van der Waals surface area (Å²) in [6, 6.07) is 4.52. The lowest BCUT2D eigenvalue weighted by atomic mass is 10.2. The summed E-state index contributed by atoms with van der Waals surface area (Å²) in [5.74, 6) is -0.623. The van der Waals surface area contributed by atoms with Crippen molar-refractivity contribution in [3.05, 3.63) is 29.8 Å². The summed E-state index contributed by atoms with van der Waals surface area (Å²) in [5.41, 5.74) is 1.76. The molecule has 0 saturated heterocycles. The summed E-state index contributed by atoms with van der Waals surface area (Å²) in [7, 11) is 0. The SMILES string of the molecule is CCOC(=O)/C(C)=N/Nc1cccc(C(F)(F)F)c1. The number of hydrazone groups is 1. The van der Waals surface area contributed by atoms with Crippen LogP contribution >= 0.6 is 0 Å². The van der Waals surface area contributed by atoms with Crippen molar-refractivity contribution < 1.29 is 22.7 Å². The molecule has 0 saturated carbocycles. The number of rotatable bonds is 4. The van der Waals surface area contributed by atoms with Crippen LogP contribution in [0.25, 0.3) is 0 Å². The second kappa shape index (κ2) is 6.21. The lowest BCUT2D eigenvalue weighted by Gasteiger charge is -2.08. The quantitative estimate of drug-likeness (QED) is 0.521. The molecule has 1 rings (SSSR count). The van der Waals surface area contributed by atoms with E-state index in [1.807, 2.05) is 0 Å². The number of hydrogen-bond donors (Lipinski definition) is 1. The van der Waals surface area contributed by atoms with Gasteiger partial charge >= 0.3 is 12.1 Å². The summed E-state index contributed by atoms with van der Waals surface area (Å²) >= 11 is 0. The number of carbonyl (C=O) groups excluding carboxylic acids is 1. The molecule has 0 amide bonds. The van der Waals surface area contributed by atoms with Crippen LogP contribution in [0.1, 0.15) is 19.4 Å². The first kappa shape index (κ1) is 15.0. The van der Waals surface area contributed by atoms with Gasteiger partial charge in [0.2, 0.25) is 0 Å². The molecule has 19 heavy (non-hydrogen) atoms. The van der Waals surface area contributed by atoms with Gasteiger partial charge in [-0.15, -0.1) is 0 Å². The largest absolute Gasteiger partial charge is 0.461 e. The summed E-state index contributed by atoms with van der Waals surface area (Å²) in [6.07, 6.45) is -4.42. The fourth-order valence-corrected chi connectivity index (χ4v) is 1.19. The van der Waals surface area contributed by atoms with Crippen molar-refractivity contribution >= 4 is 17.4 Å². The van der Waals surface area contributed by atoms with Crippen molar-refractivity contribution in [2.45, 2.75) is 20.0 Å². The molecule has 0 bridgehead atoms. The summed E-state index contributed by atoms with van der Waals surface area (Å²) < 4.78 is 42.1. The third-order valence-electron chi connectivity index (χ3n) is 2.11. The average molecular weight is 274 g/mol. The van der Waals surface area contributed by atoms with Gasteiger partial charge in [-0.25, -0.2) is 4.79 Å². The third kappa shape index (κ3) is 4.61. The molecule has 0 fully saturated rings. The molecule has 0 atom stereocenters. The second-order valence-corrected chi connectivity index (χ2v) is 3.61. The Kier molecular flexibility index (Phi) is 4.91. The zero-order chi connectivity index (χ0) is 14.5. The van der Waals surface area contributed by atoms with Crippen molar-refractivity contribution in [1.82, 2.24) is 0 Å². The molecule has 0 unspecified atom stereocenters. The normalized spacial score (nSPS) is 12.2. The lowest BCUT2D eigenvalue weighted by Crippen LogP contribution is -2.15. The number of nitrogens with zero attached hydrogens (tertiary/aromatic N) is 1. The second-order valence-electron chi connectivity index (χ2n) is 3.61. The van der Waals surface area contributed by atoms with E-state index >= 15 is 0 Å². The fraction of sp³-hybridized carbons (Fsp3) is 0.333. The average Bonchev–Trinajstić information content (AvgIpc) is 2.35. The first-order chi connectivity index (χ1) is 8.84. The Balaban J connectivity index is 2.78. The molecule has 0 spiro atoms. The Hall–Kier alpha value is -2.05. The van der Waals surface area contributed by atoms with Gasteiger partial charge < -0.3 is 4.74 Å². The Morgan fingerprint density at radius 2 is 2.11 bits per heavy atom. The topological polar surface area (TPSA) is 50.7 Å². The maximum atomic E-state index is 12.5. The number of ether oxygens (including phenoxy) is 1. The molecule has 0 radical (unpaired) electrons. The highest BCUT2D eigenvalue weighted by Gasteiger charge is 2.30. The van der Waals surface area contributed by atoms with E-state index in [9.17, 15) is 18.0 Å². The van der Waals surface area contributed by atoms with Crippen LogP contribution in [-0.4, -0.2) is 18.3 Å². The molecule has 0 aromatic heterocycles. The van der Waals surface area contributed by atoms with Gasteiger partial charge in [0.1, 0.15) is 5.71 Å². The van der Waals surface area contributed by atoms with Crippen molar-refractivity contribution in [2.75, 3.05) is 12.0 Å². The number of nitrogens with one attached hydrogen (secondary N) is 1. The standard InChI is InChI=1S/C12H13F3N2O2/c1-3-19-11(18)8(2)16-17-10-6-4-5-9(7-10)12(13,14)15/h4-7,17H,3H2,1-2H3/b16-8+. The number of esters is 1. The Morgan fingerprint density at radius 1 is 1.42 bits per heavy atom. The molecule has 1 aromatic rings. The van der Waals surface area contributed by atoms with Crippen LogP contribution in [0, 0.1) is 0 Å². The molecule has 0 heterocycles. The molecule has 104 valence electrons. The maximum Gasteiger partial charge on any atom is 0.416 e. The first-order valence-corrected chi connectivity index (χ1v) is 5.49. The Labute approximate surface area is 108 Å². The van der Waals surface area contributed by atoms with Gasteiger partial charge in [-0.2, -0.15) is 18.3 Å². The molecule has 0 aliphatic carbocycles. The molecule has 0 aliphatic rings. The zero-order valence-corrected chi connectivity index (χ0v) is 10.4. The highest BCUT2D eigenvalue weighted by Crippen LogP contribution is 2.30. The molecular weight excluding hydrogens is 261 g/mol. The van der Waals surface area contributed by atoms with Gasteiger partial charge in [0.05, 0.1) is 17.9 Å². The van der Waals surface area contributed by atoms with E-state index in [-0.39, 0.29) is 18.0 Å². The molecule has 1 aromatic carbocycles. The number of alkyl halides is 3. The van der Waals surface area contributed by atoms with Crippen LogP contribution in [0.4, 0.5) is 18.9 Å². The van der Waals surface area contributed by atoms with E-state index in [2.05, 4.69) is 15.3 Å². The summed E-state index contributed by atoms with van der Waals surface area (Å²) in [6.45, 7) is 3.25. The first-order valence-electron chi connectivity index (χ1n) is 5.49. The van der Waals surface area contributed by atoms with Crippen LogP contribution in [0.15, 0.2) is 29.4 Å². The van der Waals surface area contributed by atoms with E-state index in [1.165, 1.54) is 19.1 Å². The minimum atomic E-state index is -4.42. The molecule has 4 nitrogen and oxygen atoms in total. The number of carbonyl (C=O) groups is 1.